The largest absolute Gasteiger partial charge is 0.497 e. The fourth-order valence-electron chi connectivity index (χ4n) is 1.90. The summed E-state index contributed by atoms with van der Waals surface area (Å²) in [5.74, 6) is 0.0991. The Balaban J connectivity index is 2.41. The van der Waals surface area contributed by atoms with Crippen LogP contribution in [0.25, 0.3) is 17.0 Å². The monoisotopic (exact) mass is 288 g/mol. The lowest BCUT2D eigenvalue weighted by molar-refractivity contribution is -0.139. The van der Waals surface area contributed by atoms with Gasteiger partial charge in [0.2, 0.25) is 0 Å². The summed E-state index contributed by atoms with van der Waals surface area (Å²) in [5, 5.41) is 0.826. The quantitative estimate of drug-likeness (QED) is 0.366. The molecule has 0 fully saturated rings. The van der Waals surface area contributed by atoms with Gasteiger partial charge in [-0.1, -0.05) is 0 Å². The number of carbonyl (C=O) groups excluding carboxylic acids is 2. The third-order valence-corrected chi connectivity index (χ3v) is 2.90. The van der Waals surface area contributed by atoms with E-state index in [0.29, 0.717) is 17.1 Å². The number of hydrogen-bond donors (Lipinski definition) is 0. The number of ether oxygens (including phenoxy) is 2. The lowest BCUT2D eigenvalue weighted by atomic mass is 10.1. The summed E-state index contributed by atoms with van der Waals surface area (Å²) in [7, 11) is 1.58. The molecular weight excluding hydrogens is 272 g/mol. The molecule has 110 valence electrons. The number of methoxy groups -OCH3 is 1. The van der Waals surface area contributed by atoms with Crippen molar-refractivity contribution in [3.8, 4) is 5.75 Å². The van der Waals surface area contributed by atoms with E-state index in [1.807, 2.05) is 6.07 Å². The lowest BCUT2D eigenvalue weighted by Crippen LogP contribution is -2.13. The van der Waals surface area contributed by atoms with Gasteiger partial charge in [0.15, 0.2) is 5.78 Å². The molecule has 0 aliphatic heterocycles. The van der Waals surface area contributed by atoms with Crippen molar-refractivity contribution in [2.45, 2.75) is 13.8 Å². The normalized spacial score (nSPS) is 11.5. The SMILES string of the molecule is CCOC(=O)C(=Cc1cc2cc(OC)ccc2o1)C(C)=O. The molecule has 5 heteroatoms. The van der Waals surface area contributed by atoms with E-state index < -0.39 is 5.97 Å². The van der Waals surface area contributed by atoms with Crippen LogP contribution < -0.4 is 4.74 Å². The van der Waals surface area contributed by atoms with Gasteiger partial charge < -0.3 is 13.9 Å². The molecule has 0 aliphatic carbocycles. The summed E-state index contributed by atoms with van der Waals surface area (Å²) in [6.45, 7) is 3.21. The van der Waals surface area contributed by atoms with E-state index in [2.05, 4.69) is 0 Å². The van der Waals surface area contributed by atoms with Gasteiger partial charge in [0, 0.05) is 5.39 Å². The summed E-state index contributed by atoms with van der Waals surface area (Å²) in [4.78, 5) is 23.3. The minimum atomic E-state index is -0.650. The maximum absolute atomic E-state index is 11.7. The van der Waals surface area contributed by atoms with Crippen LogP contribution in [-0.2, 0) is 14.3 Å². The highest BCUT2D eigenvalue weighted by molar-refractivity contribution is 6.19. The van der Waals surface area contributed by atoms with E-state index in [4.69, 9.17) is 13.9 Å². The van der Waals surface area contributed by atoms with Gasteiger partial charge in [-0.2, -0.15) is 0 Å². The second-order valence-electron chi connectivity index (χ2n) is 4.39. The van der Waals surface area contributed by atoms with Gasteiger partial charge in [0.05, 0.1) is 13.7 Å². The van der Waals surface area contributed by atoms with Gasteiger partial charge in [0.1, 0.15) is 22.7 Å². The molecule has 5 nitrogen and oxygen atoms in total. The highest BCUT2D eigenvalue weighted by atomic mass is 16.5. The lowest BCUT2D eigenvalue weighted by Gasteiger charge is -2.02. The van der Waals surface area contributed by atoms with Gasteiger partial charge in [0.25, 0.3) is 0 Å². The number of ketones is 1. The molecule has 0 radical (unpaired) electrons. The Labute approximate surface area is 122 Å². The molecule has 2 aromatic rings. The molecular formula is C16H16O5. The van der Waals surface area contributed by atoms with Crippen LogP contribution >= 0.6 is 0 Å². The van der Waals surface area contributed by atoms with Gasteiger partial charge in [-0.15, -0.1) is 0 Å². The number of fused-ring (bicyclic) bond motifs is 1. The highest BCUT2D eigenvalue weighted by Gasteiger charge is 2.16. The zero-order valence-electron chi connectivity index (χ0n) is 12.1. The van der Waals surface area contributed by atoms with E-state index in [1.165, 1.54) is 13.0 Å². The number of carbonyl (C=O) groups is 2. The van der Waals surface area contributed by atoms with Crippen LogP contribution in [0, 0.1) is 0 Å². The molecule has 0 spiro atoms. The maximum Gasteiger partial charge on any atom is 0.341 e. The Hall–Kier alpha value is -2.56. The summed E-state index contributed by atoms with van der Waals surface area (Å²) in [6.07, 6.45) is 1.40. The Bertz CT molecular complexity index is 709. The van der Waals surface area contributed by atoms with Crippen LogP contribution in [0.3, 0.4) is 0 Å². The Morgan fingerprint density at radius 3 is 2.67 bits per heavy atom. The number of esters is 1. The van der Waals surface area contributed by atoms with Crippen LogP contribution in [0.4, 0.5) is 0 Å². The average molecular weight is 288 g/mol. The Morgan fingerprint density at radius 2 is 2.05 bits per heavy atom. The molecule has 0 saturated carbocycles. The fourth-order valence-corrected chi connectivity index (χ4v) is 1.90. The zero-order chi connectivity index (χ0) is 15.4. The van der Waals surface area contributed by atoms with Crippen LogP contribution in [0.1, 0.15) is 19.6 Å². The van der Waals surface area contributed by atoms with Crippen molar-refractivity contribution in [2.24, 2.45) is 0 Å². The van der Waals surface area contributed by atoms with Crippen molar-refractivity contribution in [2.75, 3.05) is 13.7 Å². The van der Waals surface area contributed by atoms with Gasteiger partial charge in [-0.3, -0.25) is 4.79 Å². The second kappa shape index (κ2) is 6.26. The molecule has 1 aromatic heterocycles. The maximum atomic E-state index is 11.7. The molecule has 21 heavy (non-hydrogen) atoms. The predicted molar refractivity (Wildman–Crippen MR) is 78.1 cm³/mol. The number of Topliss-reactive ketones (excluding diaryl/α,β-unsaturated/α-hetero) is 1. The fraction of sp³-hybridized carbons (Fsp3) is 0.250. The van der Waals surface area contributed by atoms with Crippen LogP contribution in [0.15, 0.2) is 34.3 Å². The van der Waals surface area contributed by atoms with Gasteiger partial charge in [-0.25, -0.2) is 4.79 Å². The number of furan rings is 1. The molecule has 2 rings (SSSR count). The summed E-state index contributed by atoms with van der Waals surface area (Å²) < 4.78 is 15.6. The minimum Gasteiger partial charge on any atom is -0.497 e. The smallest absolute Gasteiger partial charge is 0.341 e. The van der Waals surface area contributed by atoms with Crippen molar-refractivity contribution < 1.29 is 23.5 Å². The zero-order valence-corrected chi connectivity index (χ0v) is 12.1. The first-order chi connectivity index (χ1) is 10.0. The molecule has 0 saturated heterocycles. The predicted octanol–water partition coefficient (Wildman–Crippen LogP) is 2.98. The van der Waals surface area contributed by atoms with Crippen LogP contribution in [-0.4, -0.2) is 25.5 Å². The third-order valence-electron chi connectivity index (χ3n) is 2.90. The van der Waals surface area contributed by atoms with Gasteiger partial charge in [-0.05, 0) is 44.2 Å². The Morgan fingerprint density at radius 1 is 1.29 bits per heavy atom. The minimum absolute atomic E-state index is 0.0390. The molecule has 0 N–H and O–H groups in total. The van der Waals surface area contributed by atoms with Crippen molar-refractivity contribution >= 4 is 28.8 Å². The van der Waals surface area contributed by atoms with Crippen molar-refractivity contribution in [1.82, 2.24) is 0 Å². The molecule has 0 atom stereocenters. The summed E-state index contributed by atoms with van der Waals surface area (Å²) in [5.41, 5.74) is 0.608. The van der Waals surface area contributed by atoms with Crippen molar-refractivity contribution in [3.05, 3.63) is 35.6 Å². The number of rotatable bonds is 5. The molecule has 1 aromatic carbocycles. The Kier molecular flexibility index (Phi) is 4.42. The molecule has 0 amide bonds. The highest BCUT2D eigenvalue weighted by Crippen LogP contribution is 2.25. The molecule has 0 unspecified atom stereocenters. The summed E-state index contributed by atoms with van der Waals surface area (Å²) >= 11 is 0. The van der Waals surface area contributed by atoms with E-state index in [0.717, 1.165) is 5.39 Å². The third kappa shape index (κ3) is 3.31. The van der Waals surface area contributed by atoms with E-state index in [9.17, 15) is 9.59 Å². The average Bonchev–Trinajstić information content (AvgIpc) is 2.85. The number of hydrogen-bond acceptors (Lipinski definition) is 5. The second-order valence-corrected chi connectivity index (χ2v) is 4.39. The first-order valence-corrected chi connectivity index (χ1v) is 6.52. The first kappa shape index (κ1) is 14.8. The molecule has 0 bridgehead atoms. The van der Waals surface area contributed by atoms with E-state index in [-0.39, 0.29) is 18.0 Å². The molecule has 1 heterocycles. The van der Waals surface area contributed by atoms with Gasteiger partial charge >= 0.3 is 5.97 Å². The van der Waals surface area contributed by atoms with E-state index in [1.54, 1.807) is 32.2 Å². The standard InChI is InChI=1S/C16H16O5/c1-4-20-16(18)14(10(2)17)9-13-8-11-7-12(19-3)5-6-15(11)21-13/h5-9H,4H2,1-3H3. The topological polar surface area (TPSA) is 65.7 Å². The van der Waals surface area contributed by atoms with Crippen LogP contribution in [0.5, 0.6) is 5.75 Å². The molecule has 0 aliphatic rings. The number of benzene rings is 1. The first-order valence-electron chi connectivity index (χ1n) is 6.52. The van der Waals surface area contributed by atoms with Crippen LogP contribution in [0.2, 0.25) is 0 Å². The van der Waals surface area contributed by atoms with Crippen molar-refractivity contribution in [3.63, 3.8) is 0 Å². The van der Waals surface area contributed by atoms with Crippen molar-refractivity contribution in [1.29, 1.82) is 0 Å². The summed E-state index contributed by atoms with van der Waals surface area (Å²) in [6, 6.07) is 7.09. The van der Waals surface area contributed by atoms with E-state index >= 15 is 0 Å².